The first-order valence-electron chi connectivity index (χ1n) is 29.5. The Hall–Kier alpha value is -13.5. The van der Waals surface area contributed by atoms with Crippen LogP contribution in [0.2, 0.25) is 0 Å². The second kappa shape index (κ2) is 30.7. The molecule has 5 aliphatic heterocycles. The summed E-state index contributed by atoms with van der Waals surface area (Å²) in [7, 11) is 0. The number of hydrogen-bond acceptors (Lipinski definition) is 19. The van der Waals surface area contributed by atoms with Gasteiger partial charge in [0.1, 0.15) is 55.2 Å². The minimum absolute atomic E-state index is 0.0268. The van der Waals surface area contributed by atoms with E-state index < -0.39 is 17.7 Å². The monoisotopic (exact) mass is 1310 g/mol. The minimum Gasteiger partial charge on any atom is -0.263 e. The van der Waals surface area contributed by atoms with Gasteiger partial charge in [-0.25, -0.2) is 87.1 Å². The fourth-order valence-electron chi connectivity index (χ4n) is 10.4. The van der Waals surface area contributed by atoms with Crippen LogP contribution in [-0.4, -0.2) is 144 Å². The van der Waals surface area contributed by atoms with Gasteiger partial charge < -0.3 is 0 Å². The highest BCUT2D eigenvalue weighted by Gasteiger charge is 2.34. The minimum atomic E-state index is -0.508. The number of hydrogen-bond donors (Lipinski definition) is 0. The van der Waals surface area contributed by atoms with Gasteiger partial charge in [0, 0.05) is 144 Å². The molecule has 32 heteroatoms. The van der Waals surface area contributed by atoms with Crippen molar-refractivity contribution in [3.8, 4) is 12.1 Å². The molecule has 0 aliphatic carbocycles. The van der Waals surface area contributed by atoms with Gasteiger partial charge >= 0.3 is 30.2 Å². The number of amides is 5. The number of hydrazone groups is 5. The van der Waals surface area contributed by atoms with Crippen molar-refractivity contribution >= 4 is 61.2 Å². The quantitative estimate of drug-likeness (QED) is 0.155. The molecule has 0 fully saturated rings. The summed E-state index contributed by atoms with van der Waals surface area (Å²) < 4.78 is 46.8. The molecular weight excluding hydrogens is 1250 g/mol. The van der Waals surface area contributed by atoms with Crippen LogP contribution in [0, 0.1) is 40.1 Å². The van der Waals surface area contributed by atoms with Crippen LogP contribution in [0.4, 0.5) is 37.1 Å². The number of aromatic nitrogens is 12. The number of nitrogens with zero attached hydrogens (tertiary/aromatic N) is 24. The summed E-state index contributed by atoms with van der Waals surface area (Å²) in [6, 6.07) is 24.4. The van der Waals surface area contributed by atoms with E-state index in [-0.39, 0.29) is 65.7 Å². The van der Waals surface area contributed by atoms with E-state index in [1.54, 1.807) is 86.3 Å². The first kappa shape index (κ1) is 65.0. The smallest absolute Gasteiger partial charge is 0.263 e. The molecule has 484 valence electrons. The molecule has 0 bridgehead atoms. The number of rotatable bonds is 5. The van der Waals surface area contributed by atoms with Crippen molar-refractivity contribution in [1.82, 2.24) is 82.8 Å². The molecule has 10 aromatic rings. The lowest BCUT2D eigenvalue weighted by atomic mass is 10.0. The van der Waals surface area contributed by atoms with E-state index in [9.17, 15) is 37.1 Å². The van der Waals surface area contributed by atoms with Crippen molar-refractivity contribution in [3.63, 3.8) is 0 Å². The van der Waals surface area contributed by atoms with E-state index in [4.69, 9.17) is 10.5 Å². The molecule has 5 aliphatic rings. The zero-order chi connectivity index (χ0) is 67.6. The maximum absolute atomic E-state index is 13.6. The van der Waals surface area contributed by atoms with Gasteiger partial charge in [-0.3, -0.25) is 32.8 Å². The fraction of sp³-hybridized carbons (Fsp3) is 0.154. The lowest BCUT2D eigenvalue weighted by molar-refractivity contribution is 0.187. The Labute approximate surface area is 549 Å². The van der Waals surface area contributed by atoms with Crippen molar-refractivity contribution < 1.29 is 37.1 Å². The summed E-state index contributed by atoms with van der Waals surface area (Å²) >= 11 is 0. The Balaban J connectivity index is 0.000000123. The summed E-state index contributed by atoms with van der Waals surface area (Å²) in [6.07, 6.45) is 39.6. The Morgan fingerprint density at radius 2 is 0.680 bits per heavy atom. The molecular formula is C65H53F3N24O5. The van der Waals surface area contributed by atoms with E-state index in [0.29, 0.717) is 42.4 Å². The van der Waals surface area contributed by atoms with Crippen molar-refractivity contribution in [2.75, 3.05) is 0 Å². The molecule has 5 atom stereocenters. The summed E-state index contributed by atoms with van der Waals surface area (Å²) in [4.78, 5) is 88.3. The second-order valence-corrected chi connectivity index (χ2v) is 21.1. The predicted octanol–water partition coefficient (Wildman–Crippen LogP) is 10.4. The molecule has 15 rings (SSSR count). The molecule has 0 spiro atoms. The average molecular weight is 1310 g/mol. The zero-order valence-corrected chi connectivity index (χ0v) is 50.8. The zero-order valence-electron chi connectivity index (χ0n) is 50.8. The van der Waals surface area contributed by atoms with E-state index >= 15 is 0 Å². The van der Waals surface area contributed by atoms with Crippen molar-refractivity contribution in [2.24, 2.45) is 25.5 Å². The number of carbonyl (C=O) groups is 5. The largest absolute Gasteiger partial charge is 0.350 e. The van der Waals surface area contributed by atoms with Crippen LogP contribution >= 0.6 is 0 Å². The molecule has 3 aromatic carbocycles. The molecule has 0 saturated heterocycles. The maximum Gasteiger partial charge on any atom is 0.350 e. The van der Waals surface area contributed by atoms with Gasteiger partial charge in [0.15, 0.2) is 0 Å². The highest BCUT2D eigenvalue weighted by molar-refractivity contribution is 5.83. The van der Waals surface area contributed by atoms with Crippen molar-refractivity contribution in [2.45, 2.75) is 62.3 Å². The van der Waals surface area contributed by atoms with E-state index in [2.05, 4.69) is 60.4 Å². The summed E-state index contributed by atoms with van der Waals surface area (Å²) in [5.74, 6) is -1.26. The standard InChI is InChI=1S/C14H10FN5O.C13H11FN4O.C13H10N6O.C13H12N4O.C12H10FN5O/c15-12-6-10(8-16)5-11(7-12)13-1-2-18-20(13)14(21)19-4-3-17-9-19;14-11-3-1-2-10(8-11)12-4-5-16-18(12)13(19)17-7-6-15-9-17;14-6-10-5-11(8-16-7-10)12-1-2-17-19(12)13(20)18-4-3-15-9-18;18-13(16-9-8-14-10-16)17-12(6-7-15-17)11-4-2-1-3-5-11;13-10-5-9(6-15-7-10)11-1-2-16-18(11)12(19)17-4-3-14-8-17/h2-7,9,13H,1H2;1-3,5-9,12H,4H2;2-5,7-9,12H,1H2;1-5,7-10,12H,6H2;2-8,11H,1H2. The summed E-state index contributed by atoms with van der Waals surface area (Å²) in [5.41, 5.74) is 4.43. The molecule has 7 aromatic heterocycles. The van der Waals surface area contributed by atoms with Gasteiger partial charge in [-0.2, -0.15) is 36.0 Å². The van der Waals surface area contributed by atoms with Crippen LogP contribution < -0.4 is 0 Å². The number of nitriles is 2. The maximum atomic E-state index is 13.6. The molecule has 5 unspecified atom stereocenters. The second-order valence-electron chi connectivity index (χ2n) is 21.1. The third kappa shape index (κ3) is 15.5. The first-order chi connectivity index (χ1) is 47.3. The van der Waals surface area contributed by atoms with Crippen LogP contribution in [0.5, 0.6) is 0 Å². The number of carbonyl (C=O) groups excluding carboxylic acids is 5. The first-order valence-corrected chi connectivity index (χ1v) is 29.5. The summed E-state index contributed by atoms with van der Waals surface area (Å²) in [5, 5.41) is 45.0. The van der Waals surface area contributed by atoms with Gasteiger partial charge in [0.05, 0.1) is 53.6 Å². The average Bonchev–Trinajstić information content (AvgIpc) is 1.77. The third-order valence-electron chi connectivity index (χ3n) is 15.0. The third-order valence-corrected chi connectivity index (χ3v) is 15.0. The lowest BCUT2D eigenvalue weighted by Gasteiger charge is -2.22. The van der Waals surface area contributed by atoms with Crippen molar-refractivity contribution in [1.29, 1.82) is 10.5 Å². The Kier molecular flexibility index (Phi) is 20.6. The topological polar surface area (TPSA) is 326 Å². The van der Waals surface area contributed by atoms with Crippen LogP contribution in [0.1, 0.15) is 101 Å². The summed E-state index contributed by atoms with van der Waals surface area (Å²) in [6.45, 7) is 0. The molecule has 5 amide bonds. The highest BCUT2D eigenvalue weighted by atomic mass is 19.1. The predicted molar refractivity (Wildman–Crippen MR) is 341 cm³/mol. The molecule has 0 radical (unpaired) electrons. The van der Waals surface area contributed by atoms with Crippen LogP contribution in [-0.2, 0) is 0 Å². The molecule has 97 heavy (non-hydrogen) atoms. The normalized spacial score (nSPS) is 17.6. The van der Waals surface area contributed by atoms with Crippen molar-refractivity contribution in [3.05, 3.63) is 260 Å². The Morgan fingerprint density at radius 1 is 0.340 bits per heavy atom. The molecule has 0 saturated carbocycles. The van der Waals surface area contributed by atoms with E-state index in [1.165, 1.54) is 153 Å². The molecule has 12 heterocycles. The van der Waals surface area contributed by atoms with Gasteiger partial charge in [0.25, 0.3) is 0 Å². The number of imidazole rings is 5. The fourth-order valence-corrected chi connectivity index (χ4v) is 10.4. The van der Waals surface area contributed by atoms with Gasteiger partial charge in [-0.1, -0.05) is 42.5 Å². The molecule has 29 nitrogen and oxygen atoms in total. The SMILES string of the molecule is N#Cc1cc(F)cc(C2CC=NN2C(=O)n2ccnc2)c1.N#Cc1cncc(C2CC=NN2C(=O)n2ccnc2)c1.O=C(N1N=CCC1c1cccc(F)c1)n1ccnc1.O=C(N1N=CCC1c1ccccc1)n1ccnc1.O=C(N1N=CCC1c1cncc(F)c1)n1ccnc1. The number of benzene rings is 3. The van der Waals surface area contributed by atoms with Gasteiger partial charge in [-0.05, 0) is 70.3 Å². The highest BCUT2D eigenvalue weighted by Crippen LogP contribution is 2.34. The van der Waals surface area contributed by atoms with Gasteiger partial charge in [0.2, 0.25) is 0 Å². The Bertz CT molecular complexity index is 4500. The molecule has 0 N–H and O–H groups in total. The Morgan fingerprint density at radius 3 is 1.06 bits per heavy atom. The van der Waals surface area contributed by atoms with Crippen LogP contribution in [0.3, 0.4) is 0 Å². The lowest BCUT2D eigenvalue weighted by Crippen LogP contribution is -2.30. The van der Waals surface area contributed by atoms with E-state index in [1.807, 2.05) is 42.5 Å². The van der Waals surface area contributed by atoms with Crippen LogP contribution in [0.25, 0.3) is 0 Å². The number of pyridine rings is 2. The van der Waals surface area contributed by atoms with E-state index in [0.717, 1.165) is 35.4 Å². The van der Waals surface area contributed by atoms with Gasteiger partial charge in [-0.15, -0.1) is 0 Å². The number of halogens is 3. The van der Waals surface area contributed by atoms with Crippen LogP contribution in [0.15, 0.2) is 229 Å².